The minimum absolute atomic E-state index is 0.0850. The summed E-state index contributed by atoms with van der Waals surface area (Å²) in [4.78, 5) is 17.1. The first-order valence-electron chi connectivity index (χ1n) is 8.49. The lowest BCUT2D eigenvalue weighted by molar-refractivity contribution is -0.139. The van der Waals surface area contributed by atoms with Crippen molar-refractivity contribution in [3.8, 4) is 0 Å². The van der Waals surface area contributed by atoms with Crippen LogP contribution in [-0.4, -0.2) is 27.7 Å². The molecule has 0 saturated carbocycles. The zero-order chi connectivity index (χ0) is 19.6. The van der Waals surface area contributed by atoms with Gasteiger partial charge < -0.3 is 14.4 Å². The highest BCUT2D eigenvalue weighted by Gasteiger charge is 2.21. The first kappa shape index (κ1) is 19.4. The third kappa shape index (κ3) is 3.99. The maximum absolute atomic E-state index is 14.4. The molecule has 1 aromatic carbocycles. The average molecular weight is 388 g/mol. The van der Waals surface area contributed by atoms with E-state index in [-0.39, 0.29) is 18.0 Å². The molecule has 0 fully saturated rings. The van der Waals surface area contributed by atoms with E-state index in [1.165, 1.54) is 20.1 Å². The van der Waals surface area contributed by atoms with Crippen molar-refractivity contribution in [2.75, 3.05) is 7.11 Å². The van der Waals surface area contributed by atoms with Crippen LogP contribution in [-0.2, 0) is 28.8 Å². The van der Waals surface area contributed by atoms with E-state index in [4.69, 9.17) is 4.74 Å². The molecule has 2 aromatic heterocycles. The summed E-state index contributed by atoms with van der Waals surface area (Å²) in [6.45, 7) is 1.52. The lowest BCUT2D eigenvalue weighted by atomic mass is 10.0. The number of methoxy groups -OCH3 is 1. The molecule has 7 heteroatoms. The van der Waals surface area contributed by atoms with Gasteiger partial charge in [-0.25, -0.2) is 4.39 Å². The Bertz CT molecular complexity index is 971. The summed E-state index contributed by atoms with van der Waals surface area (Å²) in [6.07, 6.45) is 2.64. The van der Waals surface area contributed by atoms with Crippen molar-refractivity contribution in [3.05, 3.63) is 59.3 Å². The zero-order valence-corrected chi connectivity index (χ0v) is 16.2. The number of aryl methyl sites for hydroxylation is 1. The Hall–Kier alpha value is -2.38. The number of esters is 1. The number of carbonyl (C=O) groups excluding carboxylic acids is 1. The van der Waals surface area contributed by atoms with E-state index >= 15 is 0 Å². The van der Waals surface area contributed by atoms with E-state index < -0.39 is 11.9 Å². The van der Waals surface area contributed by atoms with E-state index in [1.54, 1.807) is 30.2 Å². The van der Waals surface area contributed by atoms with Gasteiger partial charge in [0.25, 0.3) is 0 Å². The van der Waals surface area contributed by atoms with Crippen LogP contribution in [0.1, 0.15) is 29.8 Å². The second-order valence-electron chi connectivity index (χ2n) is 6.28. The van der Waals surface area contributed by atoms with Crippen LogP contribution in [0.15, 0.2) is 41.6 Å². The number of aromatic nitrogens is 2. The van der Waals surface area contributed by atoms with Gasteiger partial charge in [-0.15, -0.1) is 11.8 Å². The topological polar surface area (TPSA) is 64.3 Å². The predicted octanol–water partition coefficient (Wildman–Crippen LogP) is 3.77. The number of hydrogen-bond donors (Lipinski definition) is 1. The highest BCUT2D eigenvalue weighted by atomic mass is 32.2. The fourth-order valence-corrected chi connectivity index (χ4v) is 4.09. The molecule has 5 nitrogen and oxygen atoms in total. The molecule has 0 saturated heterocycles. The fourth-order valence-electron chi connectivity index (χ4n) is 3.10. The summed E-state index contributed by atoms with van der Waals surface area (Å²) in [6, 6.07) is 6.87. The monoisotopic (exact) mass is 388 g/mol. The molecule has 0 aliphatic heterocycles. The summed E-state index contributed by atoms with van der Waals surface area (Å²) in [5.74, 6) is -0.235. The van der Waals surface area contributed by atoms with Crippen LogP contribution in [0.5, 0.6) is 0 Å². The number of halogens is 1. The highest BCUT2D eigenvalue weighted by molar-refractivity contribution is 7.98. The molecule has 1 atom stereocenters. The summed E-state index contributed by atoms with van der Waals surface area (Å²) in [5, 5.41) is 10.6. The SMILES string of the molecule is COC(=O)Cc1c(CSc2cccnc2)n(C)c2cc(F)c(C(C)O)cc12. The van der Waals surface area contributed by atoms with Crippen LogP contribution >= 0.6 is 11.8 Å². The number of benzene rings is 1. The summed E-state index contributed by atoms with van der Waals surface area (Å²) < 4.78 is 21.1. The number of aliphatic hydroxyl groups excluding tert-OH is 1. The Labute approximate surface area is 161 Å². The standard InChI is InChI=1S/C20H21FN2O3S/c1-12(24)14-7-15-16(8-20(25)26-3)19(23(2)18(15)9-17(14)21)11-27-13-5-4-6-22-10-13/h4-7,9-10,12,24H,8,11H2,1-3H3. The van der Waals surface area contributed by atoms with Crippen molar-refractivity contribution in [1.29, 1.82) is 0 Å². The Morgan fingerprint density at radius 1 is 1.44 bits per heavy atom. The predicted molar refractivity (Wildman–Crippen MR) is 103 cm³/mol. The highest BCUT2D eigenvalue weighted by Crippen LogP contribution is 2.34. The molecule has 27 heavy (non-hydrogen) atoms. The number of rotatable bonds is 6. The number of aliphatic hydroxyl groups is 1. The van der Waals surface area contributed by atoms with Crippen molar-refractivity contribution < 1.29 is 19.0 Å². The first-order valence-corrected chi connectivity index (χ1v) is 9.48. The minimum atomic E-state index is -0.936. The van der Waals surface area contributed by atoms with Crippen LogP contribution in [0, 0.1) is 5.82 Å². The van der Waals surface area contributed by atoms with Gasteiger partial charge in [0, 0.05) is 46.7 Å². The molecule has 142 valence electrons. The van der Waals surface area contributed by atoms with Gasteiger partial charge in [0.15, 0.2) is 0 Å². The molecule has 1 N–H and O–H groups in total. The van der Waals surface area contributed by atoms with Crippen LogP contribution in [0.4, 0.5) is 4.39 Å². The number of ether oxygens (including phenoxy) is 1. The van der Waals surface area contributed by atoms with Crippen LogP contribution < -0.4 is 0 Å². The van der Waals surface area contributed by atoms with Crippen molar-refractivity contribution in [2.24, 2.45) is 7.05 Å². The fraction of sp³-hybridized carbons (Fsp3) is 0.300. The van der Waals surface area contributed by atoms with Crippen molar-refractivity contribution in [2.45, 2.75) is 30.1 Å². The molecule has 0 aliphatic rings. The van der Waals surface area contributed by atoms with E-state index in [2.05, 4.69) is 4.98 Å². The number of fused-ring (bicyclic) bond motifs is 1. The lowest BCUT2D eigenvalue weighted by Crippen LogP contribution is -2.07. The van der Waals surface area contributed by atoms with Gasteiger partial charge in [0.05, 0.1) is 25.2 Å². The molecule has 0 aliphatic carbocycles. The quantitative estimate of drug-likeness (QED) is 0.514. The summed E-state index contributed by atoms with van der Waals surface area (Å²) in [5.41, 5.74) is 2.59. The maximum Gasteiger partial charge on any atom is 0.310 e. The number of pyridine rings is 1. The average Bonchev–Trinajstić information content (AvgIpc) is 2.90. The first-order chi connectivity index (χ1) is 12.9. The van der Waals surface area contributed by atoms with Gasteiger partial charge in [-0.2, -0.15) is 0 Å². The van der Waals surface area contributed by atoms with Crippen LogP contribution in [0.2, 0.25) is 0 Å². The number of hydrogen-bond acceptors (Lipinski definition) is 5. The van der Waals surface area contributed by atoms with E-state index in [1.807, 2.05) is 23.7 Å². The molecule has 0 amide bonds. The van der Waals surface area contributed by atoms with Crippen molar-refractivity contribution in [1.82, 2.24) is 9.55 Å². The Morgan fingerprint density at radius 3 is 2.85 bits per heavy atom. The molecular formula is C20H21FN2O3S. The second kappa shape index (κ2) is 8.10. The number of carbonyl (C=O) groups is 1. The number of thioether (sulfide) groups is 1. The molecule has 2 heterocycles. The Kier molecular flexibility index (Phi) is 5.82. The minimum Gasteiger partial charge on any atom is -0.469 e. The Morgan fingerprint density at radius 2 is 2.22 bits per heavy atom. The molecule has 3 aromatic rings. The summed E-state index contributed by atoms with van der Waals surface area (Å²) in [7, 11) is 3.20. The van der Waals surface area contributed by atoms with Crippen molar-refractivity contribution >= 4 is 28.6 Å². The van der Waals surface area contributed by atoms with Gasteiger partial charge in [0.1, 0.15) is 5.82 Å². The van der Waals surface area contributed by atoms with Gasteiger partial charge in [0.2, 0.25) is 0 Å². The zero-order valence-electron chi connectivity index (χ0n) is 15.4. The third-order valence-electron chi connectivity index (χ3n) is 4.56. The molecule has 0 bridgehead atoms. The maximum atomic E-state index is 14.4. The van der Waals surface area contributed by atoms with Crippen LogP contribution in [0.25, 0.3) is 10.9 Å². The van der Waals surface area contributed by atoms with Gasteiger partial charge in [-0.1, -0.05) is 0 Å². The van der Waals surface area contributed by atoms with E-state index in [0.717, 1.165) is 21.5 Å². The van der Waals surface area contributed by atoms with Crippen LogP contribution in [0.3, 0.4) is 0 Å². The van der Waals surface area contributed by atoms with Crippen molar-refractivity contribution in [3.63, 3.8) is 0 Å². The molecule has 1 unspecified atom stereocenters. The van der Waals surface area contributed by atoms with Gasteiger partial charge in [-0.05, 0) is 36.8 Å². The lowest BCUT2D eigenvalue weighted by Gasteiger charge is -2.08. The smallest absolute Gasteiger partial charge is 0.310 e. The van der Waals surface area contributed by atoms with Gasteiger partial charge in [-0.3, -0.25) is 9.78 Å². The summed E-state index contributed by atoms with van der Waals surface area (Å²) >= 11 is 1.59. The Balaban J connectivity index is 2.10. The van der Waals surface area contributed by atoms with E-state index in [9.17, 15) is 14.3 Å². The number of nitrogens with zero attached hydrogens (tertiary/aromatic N) is 2. The second-order valence-corrected chi connectivity index (χ2v) is 7.33. The molecule has 0 spiro atoms. The molecule has 3 rings (SSSR count). The van der Waals surface area contributed by atoms with Gasteiger partial charge >= 0.3 is 5.97 Å². The molecular weight excluding hydrogens is 367 g/mol. The van der Waals surface area contributed by atoms with E-state index in [0.29, 0.717) is 11.3 Å². The third-order valence-corrected chi connectivity index (χ3v) is 5.56. The largest absolute Gasteiger partial charge is 0.469 e. The normalized spacial score (nSPS) is 12.3. The molecule has 0 radical (unpaired) electrons.